The van der Waals surface area contributed by atoms with Crippen molar-refractivity contribution in [3.8, 4) is 5.75 Å². The monoisotopic (exact) mass is 242 g/mol. The van der Waals surface area contributed by atoms with E-state index in [1.807, 2.05) is 0 Å². The molecule has 0 aromatic heterocycles. The Morgan fingerprint density at radius 3 is 2.15 bits per heavy atom. The number of aromatic hydroxyl groups is 1. The Kier molecular flexibility index (Phi) is 2.90. The van der Waals surface area contributed by atoms with Crippen LogP contribution in [0.5, 0.6) is 5.75 Å². The quantitative estimate of drug-likeness (QED) is 0.653. The predicted octanol–water partition coefficient (Wildman–Crippen LogP) is 1.50. The average molecular weight is 243 g/mol. The van der Waals surface area contributed by atoms with Crippen LogP contribution in [0.2, 0.25) is 10.0 Å². The lowest BCUT2D eigenvalue weighted by Gasteiger charge is -2.09. The maximum absolute atomic E-state index is 10.8. The number of phenols is 1. The summed E-state index contributed by atoms with van der Waals surface area (Å²) < 4.78 is 10.8. The molecule has 1 aromatic rings. The molecule has 0 unspecified atom stereocenters. The van der Waals surface area contributed by atoms with Gasteiger partial charge in [0.15, 0.2) is 0 Å². The van der Waals surface area contributed by atoms with Crippen LogP contribution in [-0.4, -0.2) is 14.9 Å². The van der Waals surface area contributed by atoms with Gasteiger partial charge >= 0.3 is 7.60 Å². The minimum Gasteiger partial charge on any atom is -0.507 e. The Bertz CT molecular complexity index is 386. The van der Waals surface area contributed by atoms with Crippen LogP contribution in [0.3, 0.4) is 0 Å². The highest BCUT2D eigenvalue weighted by atomic mass is 35.5. The summed E-state index contributed by atoms with van der Waals surface area (Å²) in [4.78, 5) is 17.6. The van der Waals surface area contributed by atoms with Crippen molar-refractivity contribution in [2.24, 2.45) is 0 Å². The molecule has 0 fully saturated rings. The summed E-state index contributed by atoms with van der Waals surface area (Å²) in [6, 6.07) is 2.32. The molecule has 0 amide bonds. The van der Waals surface area contributed by atoms with Crippen LogP contribution in [0.25, 0.3) is 0 Å². The lowest BCUT2D eigenvalue weighted by molar-refractivity contribution is 0.384. The van der Waals surface area contributed by atoms with Gasteiger partial charge < -0.3 is 14.9 Å². The molecule has 1 aromatic carbocycles. The highest BCUT2D eigenvalue weighted by Crippen LogP contribution is 2.42. The van der Waals surface area contributed by atoms with Crippen molar-refractivity contribution in [1.29, 1.82) is 0 Å². The first-order valence-corrected chi connectivity index (χ1v) is 5.44. The zero-order valence-electron chi connectivity index (χ0n) is 6.11. The van der Waals surface area contributed by atoms with Gasteiger partial charge in [-0.2, -0.15) is 0 Å². The smallest absolute Gasteiger partial charge is 0.361 e. The zero-order valence-corrected chi connectivity index (χ0v) is 8.51. The van der Waals surface area contributed by atoms with Crippen molar-refractivity contribution in [3.63, 3.8) is 0 Å². The Balaban J connectivity index is 3.52. The van der Waals surface area contributed by atoms with Gasteiger partial charge in [-0.1, -0.05) is 23.2 Å². The molecule has 7 heteroatoms. The molecule has 0 saturated heterocycles. The lowest BCUT2D eigenvalue weighted by atomic mass is 10.3. The summed E-state index contributed by atoms with van der Waals surface area (Å²) in [5.74, 6) is -0.567. The molecule has 72 valence electrons. The van der Waals surface area contributed by atoms with Gasteiger partial charge in [-0.15, -0.1) is 0 Å². The number of hydrogen-bond acceptors (Lipinski definition) is 2. The average Bonchev–Trinajstić information content (AvgIpc) is 1.95. The largest absolute Gasteiger partial charge is 0.507 e. The van der Waals surface area contributed by atoms with E-state index >= 15 is 0 Å². The Labute approximate surface area is 83.9 Å². The summed E-state index contributed by atoms with van der Waals surface area (Å²) in [6.07, 6.45) is 0. The van der Waals surface area contributed by atoms with Crippen molar-refractivity contribution < 1.29 is 19.5 Å². The standard InChI is InChI=1S/C6H5Cl2O4P/c7-3-1-2-4(9)6(5(3)8)13(10,11)12/h1-2,9H,(H2,10,11,12). The number of hydrogen-bond donors (Lipinski definition) is 3. The number of benzene rings is 1. The molecule has 0 bridgehead atoms. The summed E-state index contributed by atoms with van der Waals surface area (Å²) >= 11 is 11.0. The fraction of sp³-hybridized carbons (Fsp3) is 0. The van der Waals surface area contributed by atoms with Crippen molar-refractivity contribution in [2.75, 3.05) is 0 Å². The summed E-state index contributed by atoms with van der Waals surface area (Å²) in [5, 5.41) is 8.14. The first-order chi connectivity index (χ1) is 5.84. The van der Waals surface area contributed by atoms with Crippen molar-refractivity contribution >= 4 is 36.1 Å². The van der Waals surface area contributed by atoms with E-state index in [1.165, 1.54) is 6.07 Å². The Hall–Kier alpha value is -0.250. The Morgan fingerprint density at radius 2 is 1.77 bits per heavy atom. The maximum atomic E-state index is 10.8. The van der Waals surface area contributed by atoms with Crippen molar-refractivity contribution in [1.82, 2.24) is 0 Å². The van der Waals surface area contributed by atoms with E-state index < -0.39 is 18.6 Å². The Morgan fingerprint density at radius 1 is 1.23 bits per heavy atom. The minimum atomic E-state index is -4.59. The molecule has 13 heavy (non-hydrogen) atoms. The van der Waals surface area contributed by atoms with Crippen LogP contribution in [-0.2, 0) is 4.57 Å². The van der Waals surface area contributed by atoms with E-state index in [-0.39, 0.29) is 10.0 Å². The van der Waals surface area contributed by atoms with Crippen molar-refractivity contribution in [3.05, 3.63) is 22.2 Å². The first kappa shape index (κ1) is 10.8. The zero-order chi connectivity index (χ0) is 10.2. The maximum Gasteiger partial charge on any atom is 0.361 e. The summed E-state index contributed by atoms with van der Waals surface area (Å²) in [5.41, 5.74) is 0. The molecular weight excluding hydrogens is 238 g/mol. The van der Waals surface area contributed by atoms with Gasteiger partial charge in [0.1, 0.15) is 11.1 Å². The van der Waals surface area contributed by atoms with E-state index in [0.717, 1.165) is 6.07 Å². The first-order valence-electron chi connectivity index (χ1n) is 3.07. The molecular formula is C6H5Cl2O4P. The summed E-state index contributed by atoms with van der Waals surface area (Å²) in [7, 11) is -4.59. The van der Waals surface area contributed by atoms with E-state index in [2.05, 4.69) is 0 Å². The van der Waals surface area contributed by atoms with Gasteiger partial charge in [0, 0.05) is 0 Å². The highest BCUT2D eigenvalue weighted by molar-refractivity contribution is 7.60. The topological polar surface area (TPSA) is 77.8 Å². The van der Waals surface area contributed by atoms with Crippen LogP contribution < -0.4 is 5.30 Å². The van der Waals surface area contributed by atoms with Gasteiger partial charge in [0.05, 0.1) is 10.0 Å². The van der Waals surface area contributed by atoms with E-state index in [0.29, 0.717) is 0 Å². The highest BCUT2D eigenvalue weighted by Gasteiger charge is 2.26. The van der Waals surface area contributed by atoms with Gasteiger partial charge in [-0.25, -0.2) is 0 Å². The van der Waals surface area contributed by atoms with Crippen molar-refractivity contribution in [2.45, 2.75) is 0 Å². The third-order valence-corrected chi connectivity index (χ3v) is 3.31. The third kappa shape index (κ3) is 2.16. The fourth-order valence-electron chi connectivity index (χ4n) is 0.807. The summed E-state index contributed by atoms with van der Waals surface area (Å²) in [6.45, 7) is 0. The van der Waals surface area contributed by atoms with Crippen LogP contribution in [0.1, 0.15) is 0 Å². The SMILES string of the molecule is O=P(O)(O)c1c(O)ccc(Cl)c1Cl. The van der Waals surface area contributed by atoms with E-state index in [9.17, 15) is 4.57 Å². The molecule has 0 atom stereocenters. The second kappa shape index (κ2) is 3.48. The van der Waals surface area contributed by atoms with Gasteiger partial charge in [-0.3, -0.25) is 4.57 Å². The second-order valence-corrected chi connectivity index (χ2v) is 4.59. The number of phenolic OH excluding ortho intramolecular Hbond substituents is 1. The molecule has 0 saturated carbocycles. The van der Waals surface area contributed by atoms with E-state index in [4.69, 9.17) is 38.1 Å². The van der Waals surface area contributed by atoms with Gasteiger partial charge in [0.25, 0.3) is 0 Å². The second-order valence-electron chi connectivity index (χ2n) is 2.27. The van der Waals surface area contributed by atoms with Gasteiger partial charge in [0.2, 0.25) is 0 Å². The predicted molar refractivity (Wildman–Crippen MR) is 49.8 cm³/mol. The molecule has 3 N–H and O–H groups in total. The van der Waals surface area contributed by atoms with Gasteiger partial charge in [-0.05, 0) is 12.1 Å². The third-order valence-electron chi connectivity index (χ3n) is 1.34. The van der Waals surface area contributed by atoms with Crippen LogP contribution in [0.15, 0.2) is 12.1 Å². The number of halogens is 2. The molecule has 0 spiro atoms. The molecule has 0 aliphatic carbocycles. The lowest BCUT2D eigenvalue weighted by Crippen LogP contribution is -2.06. The van der Waals surface area contributed by atoms with Crippen LogP contribution in [0.4, 0.5) is 0 Å². The molecule has 4 nitrogen and oxygen atoms in total. The normalized spacial score (nSPS) is 11.7. The molecule has 0 heterocycles. The van der Waals surface area contributed by atoms with Crippen LogP contribution >= 0.6 is 30.8 Å². The number of rotatable bonds is 1. The molecule has 0 aliphatic heterocycles. The molecule has 1 rings (SSSR count). The molecule has 0 radical (unpaired) electrons. The minimum absolute atomic E-state index is 0.0159. The fourth-order valence-corrected chi connectivity index (χ4v) is 2.27. The molecule has 0 aliphatic rings. The van der Waals surface area contributed by atoms with E-state index in [1.54, 1.807) is 0 Å². The van der Waals surface area contributed by atoms with Crippen LogP contribution in [0, 0.1) is 0 Å².